The molecule has 2 aromatic rings. The molecule has 0 aromatic heterocycles. The van der Waals surface area contributed by atoms with Crippen molar-refractivity contribution in [3.63, 3.8) is 0 Å². The van der Waals surface area contributed by atoms with Crippen LogP contribution >= 0.6 is 11.8 Å². The maximum atomic E-state index is 13.9. The second kappa shape index (κ2) is 15.2. The molecule has 0 bridgehead atoms. The van der Waals surface area contributed by atoms with Gasteiger partial charge in [-0.3, -0.25) is 14.4 Å². The highest BCUT2D eigenvalue weighted by Gasteiger charge is 2.50. The zero-order valence-corrected chi connectivity index (χ0v) is 26.6. The number of aliphatic hydroxyl groups is 1. The Morgan fingerprint density at radius 2 is 1.70 bits per heavy atom. The summed E-state index contributed by atoms with van der Waals surface area (Å²) in [7, 11) is 0. The Hall–Kier alpha value is -3.57. The highest BCUT2D eigenvalue weighted by molar-refractivity contribution is 8.00. The lowest BCUT2D eigenvalue weighted by Crippen LogP contribution is -2.60. The zero-order valence-electron chi connectivity index (χ0n) is 25.8. The topological polar surface area (TPSA) is 137 Å². The molecule has 0 aliphatic carbocycles. The summed E-state index contributed by atoms with van der Waals surface area (Å²) < 4.78 is 4.34. The fourth-order valence-electron chi connectivity index (χ4n) is 5.06. The van der Waals surface area contributed by atoms with Crippen molar-refractivity contribution < 1.29 is 29.0 Å². The molecule has 4 amide bonds. The number of nitrogens with one attached hydrogen (secondary N) is 3. The van der Waals surface area contributed by atoms with E-state index >= 15 is 0 Å². The van der Waals surface area contributed by atoms with Crippen molar-refractivity contribution in [2.45, 2.75) is 83.5 Å². The first-order valence-electron chi connectivity index (χ1n) is 14.6. The van der Waals surface area contributed by atoms with Gasteiger partial charge in [-0.05, 0) is 56.7 Å². The molecule has 11 heteroatoms. The first kappa shape index (κ1) is 33.9. The molecule has 4 atom stereocenters. The number of carbonyl (C=O) groups is 4. The minimum absolute atomic E-state index is 0.145. The number of ether oxygens (including phenoxy) is 1. The third-order valence-electron chi connectivity index (χ3n) is 7.55. The van der Waals surface area contributed by atoms with E-state index in [0.717, 1.165) is 16.7 Å². The van der Waals surface area contributed by atoms with Gasteiger partial charge in [0.2, 0.25) is 11.8 Å². The number of rotatable bonds is 12. The zero-order chi connectivity index (χ0) is 31.7. The number of nitrogens with zero attached hydrogens (tertiary/aromatic N) is 1. The molecular weight excluding hydrogens is 568 g/mol. The minimum atomic E-state index is -1.65. The molecule has 0 radical (unpaired) electrons. The van der Waals surface area contributed by atoms with Gasteiger partial charge in [-0.1, -0.05) is 68.4 Å². The van der Waals surface area contributed by atoms with E-state index in [1.807, 2.05) is 75.4 Å². The maximum absolute atomic E-state index is 13.9. The summed E-state index contributed by atoms with van der Waals surface area (Å²) in [6.45, 7) is 11.4. The molecule has 1 fully saturated rings. The van der Waals surface area contributed by atoms with Gasteiger partial charge < -0.3 is 30.7 Å². The molecule has 3 rings (SSSR count). The van der Waals surface area contributed by atoms with Crippen LogP contribution in [0.3, 0.4) is 0 Å². The largest absolute Gasteiger partial charge is 0.450 e. The van der Waals surface area contributed by atoms with Gasteiger partial charge in [0.05, 0.1) is 18.5 Å². The lowest BCUT2D eigenvalue weighted by Gasteiger charge is -2.34. The summed E-state index contributed by atoms with van der Waals surface area (Å²) >= 11 is 1.45. The monoisotopic (exact) mass is 612 g/mol. The predicted octanol–water partition coefficient (Wildman–Crippen LogP) is 3.15. The fraction of sp³-hybridized carbons (Fsp3) is 0.500. The Kier molecular flexibility index (Phi) is 12.0. The third kappa shape index (κ3) is 8.96. The first-order valence-corrected chi connectivity index (χ1v) is 15.6. The van der Waals surface area contributed by atoms with Gasteiger partial charge in [-0.15, -0.1) is 11.8 Å². The van der Waals surface area contributed by atoms with E-state index in [2.05, 4.69) is 16.0 Å². The molecule has 234 valence electrons. The lowest BCUT2D eigenvalue weighted by molar-refractivity contribution is -0.148. The number of thioether (sulfide) groups is 1. The molecule has 0 spiro atoms. The molecule has 10 nitrogen and oxygen atoms in total. The van der Waals surface area contributed by atoms with Crippen LogP contribution in [0.5, 0.6) is 0 Å². The molecule has 2 unspecified atom stereocenters. The van der Waals surface area contributed by atoms with Crippen LogP contribution < -0.4 is 16.0 Å². The number of hydrogen-bond donors (Lipinski definition) is 4. The Balaban J connectivity index is 1.83. The molecule has 4 N–H and O–H groups in total. The van der Waals surface area contributed by atoms with Crippen molar-refractivity contribution in [3.05, 3.63) is 71.3 Å². The van der Waals surface area contributed by atoms with Crippen molar-refractivity contribution in [1.82, 2.24) is 20.9 Å². The number of hydrogen-bond acceptors (Lipinski definition) is 7. The number of amides is 4. The molecular formula is C32H44N4O6S. The average Bonchev–Trinajstić information content (AvgIpc) is 3.29. The van der Waals surface area contributed by atoms with Gasteiger partial charge in [-0.2, -0.15) is 0 Å². The minimum Gasteiger partial charge on any atom is -0.450 e. The second-order valence-corrected chi connectivity index (χ2v) is 13.2. The van der Waals surface area contributed by atoms with Crippen LogP contribution in [-0.4, -0.2) is 75.3 Å². The number of aliphatic hydroxyl groups excluding tert-OH is 1. The average molecular weight is 613 g/mol. The standard InChI is InChI=1S/C32H44N4O6S/c1-7-42-31(41)35-25(20(2)3)28(38)34-24(17-22-14-9-8-10-15-22)26(37)30(40)36-19-43-32(5,6)27(36)29(39)33-18-23-16-12-11-13-21(23)4/h8-16,20,24-27,37H,7,17-19H2,1-6H3,(H,33,39)(H,34,38)(H,35,41)/t24-,25?,26-,27?/m0/s1. The van der Waals surface area contributed by atoms with E-state index in [1.54, 1.807) is 20.8 Å². The van der Waals surface area contributed by atoms with Crippen molar-refractivity contribution in [2.24, 2.45) is 5.92 Å². The third-order valence-corrected chi connectivity index (χ3v) is 8.92. The van der Waals surface area contributed by atoms with Crippen LogP contribution in [0.2, 0.25) is 0 Å². The van der Waals surface area contributed by atoms with Crippen LogP contribution in [0.4, 0.5) is 4.79 Å². The summed E-state index contributed by atoms with van der Waals surface area (Å²) in [5.74, 6) is -1.63. The van der Waals surface area contributed by atoms with Gasteiger partial charge in [0.15, 0.2) is 6.10 Å². The normalized spacial score (nSPS) is 18.0. The van der Waals surface area contributed by atoms with Crippen LogP contribution in [0.1, 0.15) is 51.3 Å². The van der Waals surface area contributed by atoms with E-state index in [9.17, 15) is 24.3 Å². The Labute approximate surface area is 258 Å². The van der Waals surface area contributed by atoms with Gasteiger partial charge in [0, 0.05) is 11.3 Å². The van der Waals surface area contributed by atoms with E-state index < -0.39 is 46.9 Å². The van der Waals surface area contributed by atoms with E-state index in [4.69, 9.17) is 4.74 Å². The van der Waals surface area contributed by atoms with Crippen LogP contribution in [0, 0.1) is 12.8 Å². The van der Waals surface area contributed by atoms with E-state index in [0.29, 0.717) is 6.54 Å². The van der Waals surface area contributed by atoms with Gasteiger partial charge >= 0.3 is 6.09 Å². The summed E-state index contributed by atoms with van der Waals surface area (Å²) in [5.41, 5.74) is 2.81. The number of aryl methyl sites for hydroxylation is 1. The molecule has 2 aromatic carbocycles. The summed E-state index contributed by atoms with van der Waals surface area (Å²) in [5, 5.41) is 19.8. The fourth-order valence-corrected chi connectivity index (χ4v) is 6.20. The van der Waals surface area contributed by atoms with Crippen LogP contribution in [-0.2, 0) is 32.1 Å². The molecule has 1 heterocycles. The lowest BCUT2D eigenvalue weighted by atomic mass is 9.96. The predicted molar refractivity (Wildman–Crippen MR) is 167 cm³/mol. The van der Waals surface area contributed by atoms with Crippen LogP contribution in [0.25, 0.3) is 0 Å². The summed E-state index contributed by atoms with van der Waals surface area (Å²) in [4.78, 5) is 54.3. The smallest absolute Gasteiger partial charge is 0.407 e. The van der Waals surface area contributed by atoms with Crippen molar-refractivity contribution in [1.29, 1.82) is 0 Å². The van der Waals surface area contributed by atoms with Gasteiger partial charge in [0.25, 0.3) is 5.91 Å². The van der Waals surface area contributed by atoms with Crippen molar-refractivity contribution in [2.75, 3.05) is 12.5 Å². The van der Waals surface area contributed by atoms with Crippen molar-refractivity contribution >= 4 is 35.6 Å². The van der Waals surface area contributed by atoms with Crippen LogP contribution in [0.15, 0.2) is 54.6 Å². The summed E-state index contributed by atoms with van der Waals surface area (Å²) in [6.07, 6.45) is -2.23. The highest BCUT2D eigenvalue weighted by Crippen LogP contribution is 2.40. The Morgan fingerprint density at radius 1 is 1.05 bits per heavy atom. The quantitative estimate of drug-likeness (QED) is 0.289. The molecule has 43 heavy (non-hydrogen) atoms. The Morgan fingerprint density at radius 3 is 2.33 bits per heavy atom. The molecule has 1 aliphatic heterocycles. The number of carbonyl (C=O) groups excluding carboxylic acids is 4. The number of alkyl carbamates (subject to hydrolysis) is 1. The van der Waals surface area contributed by atoms with Gasteiger partial charge in [-0.25, -0.2) is 4.79 Å². The molecule has 0 saturated carbocycles. The first-order chi connectivity index (χ1) is 20.4. The summed E-state index contributed by atoms with van der Waals surface area (Å²) in [6, 6.07) is 14.1. The SMILES string of the molecule is CCOC(=O)NC(C(=O)N[C@@H](Cc1ccccc1)[C@H](O)C(=O)N1CSC(C)(C)C1C(=O)NCc1ccccc1C)C(C)C. The van der Waals surface area contributed by atoms with Crippen molar-refractivity contribution in [3.8, 4) is 0 Å². The Bertz CT molecular complexity index is 1270. The van der Waals surface area contributed by atoms with E-state index in [-0.39, 0.29) is 30.7 Å². The highest BCUT2D eigenvalue weighted by atomic mass is 32.2. The second-order valence-electron chi connectivity index (χ2n) is 11.6. The van der Waals surface area contributed by atoms with Gasteiger partial charge in [0.1, 0.15) is 12.1 Å². The molecule has 1 aliphatic rings. The maximum Gasteiger partial charge on any atom is 0.407 e. The number of benzene rings is 2. The van der Waals surface area contributed by atoms with E-state index in [1.165, 1.54) is 16.7 Å². The molecule has 1 saturated heterocycles.